The number of benzene rings is 1. The van der Waals surface area contributed by atoms with E-state index in [9.17, 15) is 10.2 Å². The summed E-state index contributed by atoms with van der Waals surface area (Å²) in [4.78, 5) is 5.84. The Morgan fingerprint density at radius 1 is 1.32 bits per heavy atom. The van der Waals surface area contributed by atoms with Crippen molar-refractivity contribution in [1.82, 2.24) is 9.88 Å². The van der Waals surface area contributed by atoms with Gasteiger partial charge in [-0.2, -0.15) is 0 Å². The van der Waals surface area contributed by atoms with Crippen LogP contribution in [0.2, 0.25) is 0 Å². The number of piperidine rings is 1. The first-order valence-corrected chi connectivity index (χ1v) is 9.35. The highest BCUT2D eigenvalue weighted by Gasteiger charge is 2.51. The number of H-pyrrole nitrogens is 1. The molecular formula is C20H28N2O3. The minimum Gasteiger partial charge on any atom is -0.396 e. The standard InChI is InChI=1S/C20H28N2O3/c1-22-13-14(4-3-7-23)11-20(25-9-8-24)16-5-2-6-17-19(16)15(12-21-17)10-18(20)22/h2,5-6,12,14,18,21,23-24H,3-4,7-11,13H2,1H3/t14-,18-,20+/m1/s1. The van der Waals surface area contributed by atoms with Gasteiger partial charge in [-0.25, -0.2) is 0 Å². The van der Waals surface area contributed by atoms with Crippen LogP contribution in [0, 0.1) is 5.92 Å². The van der Waals surface area contributed by atoms with Gasteiger partial charge in [-0.15, -0.1) is 0 Å². The Morgan fingerprint density at radius 3 is 3.00 bits per heavy atom. The summed E-state index contributed by atoms with van der Waals surface area (Å²) in [6.07, 6.45) is 5.89. The molecule has 1 aromatic heterocycles. The number of aromatic amines is 1. The Hall–Kier alpha value is -1.40. The van der Waals surface area contributed by atoms with Gasteiger partial charge >= 0.3 is 0 Å². The third kappa shape index (κ3) is 2.70. The zero-order valence-corrected chi connectivity index (χ0v) is 14.9. The van der Waals surface area contributed by atoms with Crippen molar-refractivity contribution < 1.29 is 14.9 Å². The van der Waals surface area contributed by atoms with Crippen LogP contribution in [-0.4, -0.2) is 59.6 Å². The molecule has 3 N–H and O–H groups in total. The largest absolute Gasteiger partial charge is 0.396 e. The first-order chi connectivity index (χ1) is 12.2. The summed E-state index contributed by atoms with van der Waals surface area (Å²) >= 11 is 0. The minimum atomic E-state index is -0.384. The molecule has 1 aliphatic heterocycles. The van der Waals surface area contributed by atoms with Crippen LogP contribution in [0.1, 0.15) is 30.4 Å². The SMILES string of the molecule is CN1C[C@H](CCCO)C[C@]2(OCCO)c3cccc4[nH]cc(c34)C[C@@H]12. The number of likely N-dealkylation sites (N-methyl/N-ethyl adjacent to an activating group) is 1. The first-order valence-electron chi connectivity index (χ1n) is 9.35. The molecule has 0 amide bonds. The molecule has 1 aromatic carbocycles. The Kier molecular flexibility index (Phi) is 4.58. The third-order valence-electron chi connectivity index (χ3n) is 6.09. The summed E-state index contributed by atoms with van der Waals surface area (Å²) in [6, 6.07) is 6.70. The fourth-order valence-electron chi connectivity index (χ4n) is 5.14. The second-order valence-corrected chi connectivity index (χ2v) is 7.60. The molecule has 0 spiro atoms. The Balaban J connectivity index is 1.81. The fourth-order valence-corrected chi connectivity index (χ4v) is 5.14. The number of aliphatic hydroxyl groups excluding tert-OH is 2. The lowest BCUT2D eigenvalue weighted by atomic mass is 9.68. The van der Waals surface area contributed by atoms with Gasteiger partial charge < -0.3 is 19.9 Å². The van der Waals surface area contributed by atoms with Gasteiger partial charge in [-0.05, 0) is 55.8 Å². The maximum atomic E-state index is 9.43. The van der Waals surface area contributed by atoms with E-state index in [-0.39, 0.29) is 24.9 Å². The van der Waals surface area contributed by atoms with Crippen molar-refractivity contribution >= 4 is 10.9 Å². The molecule has 1 fully saturated rings. The Labute approximate surface area is 148 Å². The van der Waals surface area contributed by atoms with Crippen LogP contribution in [0.25, 0.3) is 10.9 Å². The number of ether oxygens (including phenoxy) is 1. The first kappa shape index (κ1) is 17.0. The maximum Gasteiger partial charge on any atom is 0.110 e. The molecule has 1 saturated heterocycles. The maximum absolute atomic E-state index is 9.43. The van der Waals surface area contributed by atoms with Crippen molar-refractivity contribution in [2.45, 2.75) is 37.3 Å². The quantitative estimate of drug-likeness (QED) is 0.750. The van der Waals surface area contributed by atoms with E-state index >= 15 is 0 Å². The average Bonchev–Trinajstić information content (AvgIpc) is 3.04. The molecule has 1 aliphatic carbocycles. The molecule has 5 nitrogen and oxygen atoms in total. The third-order valence-corrected chi connectivity index (χ3v) is 6.09. The number of rotatable bonds is 6. The molecular weight excluding hydrogens is 316 g/mol. The number of fused-ring (bicyclic) bond motifs is 2. The molecule has 2 aliphatic rings. The molecule has 136 valence electrons. The van der Waals surface area contributed by atoms with Crippen LogP contribution in [0.5, 0.6) is 0 Å². The molecule has 0 radical (unpaired) electrons. The van der Waals surface area contributed by atoms with Crippen molar-refractivity contribution in [2.24, 2.45) is 5.92 Å². The topological polar surface area (TPSA) is 68.7 Å². The molecule has 2 heterocycles. The summed E-state index contributed by atoms with van der Waals surface area (Å²) in [7, 11) is 2.19. The van der Waals surface area contributed by atoms with Crippen molar-refractivity contribution in [2.75, 3.05) is 33.4 Å². The molecule has 3 atom stereocenters. The lowest BCUT2D eigenvalue weighted by Crippen LogP contribution is -2.59. The van der Waals surface area contributed by atoms with E-state index in [1.807, 2.05) is 0 Å². The van der Waals surface area contributed by atoms with E-state index in [4.69, 9.17) is 4.74 Å². The number of aromatic nitrogens is 1. The highest BCUT2D eigenvalue weighted by atomic mass is 16.5. The van der Waals surface area contributed by atoms with Crippen LogP contribution in [0.3, 0.4) is 0 Å². The lowest BCUT2D eigenvalue weighted by molar-refractivity contribution is -0.151. The van der Waals surface area contributed by atoms with E-state index in [2.05, 4.69) is 41.3 Å². The second kappa shape index (κ2) is 6.72. The summed E-state index contributed by atoms with van der Waals surface area (Å²) in [5.74, 6) is 0.489. The van der Waals surface area contributed by atoms with E-state index in [1.165, 1.54) is 16.5 Å². The van der Waals surface area contributed by atoms with Crippen LogP contribution < -0.4 is 0 Å². The van der Waals surface area contributed by atoms with Gasteiger partial charge in [0.2, 0.25) is 0 Å². The highest BCUT2D eigenvalue weighted by molar-refractivity contribution is 5.88. The Morgan fingerprint density at radius 2 is 2.20 bits per heavy atom. The zero-order chi connectivity index (χ0) is 17.4. The summed E-state index contributed by atoms with van der Waals surface area (Å²) in [5.41, 5.74) is 3.40. The van der Waals surface area contributed by atoms with Crippen molar-refractivity contribution in [3.8, 4) is 0 Å². The van der Waals surface area contributed by atoms with Crippen LogP contribution in [-0.2, 0) is 16.8 Å². The fraction of sp³-hybridized carbons (Fsp3) is 0.600. The normalized spacial score (nSPS) is 29.1. The summed E-state index contributed by atoms with van der Waals surface area (Å²) < 4.78 is 6.45. The molecule has 0 saturated carbocycles. The van der Waals surface area contributed by atoms with Gasteiger partial charge in [0, 0.05) is 36.3 Å². The summed E-state index contributed by atoms with van der Waals surface area (Å²) in [6.45, 7) is 1.67. The van der Waals surface area contributed by atoms with E-state index < -0.39 is 0 Å². The number of nitrogens with zero attached hydrogens (tertiary/aromatic N) is 1. The molecule has 0 unspecified atom stereocenters. The molecule has 4 rings (SSSR count). The van der Waals surface area contributed by atoms with Gasteiger partial charge in [0.15, 0.2) is 0 Å². The van der Waals surface area contributed by atoms with Crippen LogP contribution in [0.15, 0.2) is 24.4 Å². The van der Waals surface area contributed by atoms with Gasteiger partial charge in [0.05, 0.1) is 13.2 Å². The molecule has 5 heteroatoms. The summed E-state index contributed by atoms with van der Waals surface area (Å²) in [5, 5.41) is 20.0. The number of likely N-dealkylation sites (tertiary alicyclic amines) is 1. The predicted octanol–water partition coefficient (Wildman–Crippen LogP) is 2.02. The number of aliphatic hydroxyl groups is 2. The van der Waals surface area contributed by atoms with E-state index in [1.54, 1.807) is 0 Å². The van der Waals surface area contributed by atoms with Gasteiger partial charge in [0.25, 0.3) is 0 Å². The van der Waals surface area contributed by atoms with Gasteiger partial charge in [0.1, 0.15) is 5.60 Å². The Bertz CT molecular complexity index is 744. The van der Waals surface area contributed by atoms with Crippen molar-refractivity contribution in [1.29, 1.82) is 0 Å². The van der Waals surface area contributed by atoms with Gasteiger partial charge in [-0.3, -0.25) is 4.90 Å². The highest BCUT2D eigenvalue weighted by Crippen LogP contribution is 2.50. The molecule has 0 bridgehead atoms. The van der Waals surface area contributed by atoms with Crippen LogP contribution >= 0.6 is 0 Å². The zero-order valence-electron chi connectivity index (χ0n) is 14.9. The average molecular weight is 344 g/mol. The number of hydrogen-bond acceptors (Lipinski definition) is 4. The smallest absolute Gasteiger partial charge is 0.110 e. The lowest BCUT2D eigenvalue weighted by Gasteiger charge is -2.53. The van der Waals surface area contributed by atoms with Crippen LogP contribution in [0.4, 0.5) is 0 Å². The van der Waals surface area contributed by atoms with Crippen molar-refractivity contribution in [3.63, 3.8) is 0 Å². The minimum absolute atomic E-state index is 0.0372. The second-order valence-electron chi connectivity index (χ2n) is 7.60. The monoisotopic (exact) mass is 344 g/mol. The molecule has 25 heavy (non-hydrogen) atoms. The number of hydrogen-bond donors (Lipinski definition) is 3. The molecule has 2 aromatic rings. The van der Waals surface area contributed by atoms with Crippen molar-refractivity contribution in [3.05, 3.63) is 35.5 Å². The van der Waals surface area contributed by atoms with E-state index in [0.717, 1.165) is 37.7 Å². The predicted molar refractivity (Wildman–Crippen MR) is 97.6 cm³/mol. The number of nitrogens with one attached hydrogen (secondary N) is 1. The van der Waals surface area contributed by atoms with E-state index in [0.29, 0.717) is 12.5 Å². The van der Waals surface area contributed by atoms with Gasteiger partial charge in [-0.1, -0.05) is 12.1 Å².